The van der Waals surface area contributed by atoms with Crippen molar-refractivity contribution >= 4 is 0 Å². The predicted molar refractivity (Wildman–Crippen MR) is 66.5 cm³/mol. The third-order valence-corrected chi connectivity index (χ3v) is 3.40. The van der Waals surface area contributed by atoms with Gasteiger partial charge in [-0.05, 0) is 37.1 Å². The van der Waals surface area contributed by atoms with Gasteiger partial charge in [0.1, 0.15) is 5.82 Å². The summed E-state index contributed by atoms with van der Waals surface area (Å²) < 4.78 is 18.7. The zero-order valence-corrected chi connectivity index (χ0v) is 10.5. The van der Waals surface area contributed by atoms with Crippen LogP contribution in [-0.2, 0) is 4.74 Å². The second-order valence-corrected chi connectivity index (χ2v) is 4.67. The van der Waals surface area contributed by atoms with E-state index in [0.717, 1.165) is 26.2 Å². The van der Waals surface area contributed by atoms with Crippen LogP contribution in [0.3, 0.4) is 0 Å². The second kappa shape index (κ2) is 5.61. The van der Waals surface area contributed by atoms with Crippen molar-refractivity contribution in [3.63, 3.8) is 0 Å². The molecule has 0 amide bonds. The summed E-state index contributed by atoms with van der Waals surface area (Å²) in [6, 6.07) is 5.67. The van der Waals surface area contributed by atoms with Gasteiger partial charge in [0.25, 0.3) is 0 Å². The van der Waals surface area contributed by atoms with Gasteiger partial charge in [0.15, 0.2) is 0 Å². The quantitative estimate of drug-likeness (QED) is 0.869. The summed E-state index contributed by atoms with van der Waals surface area (Å²) in [6.07, 6.45) is 1.08. The predicted octanol–water partition coefficient (Wildman–Crippen LogP) is 2.82. The number of hydrogen-bond acceptors (Lipinski definition) is 2. The molecule has 1 heterocycles. The molecule has 1 aromatic rings. The van der Waals surface area contributed by atoms with Crippen molar-refractivity contribution < 1.29 is 9.13 Å². The van der Waals surface area contributed by atoms with Gasteiger partial charge in [-0.15, -0.1) is 0 Å². The third-order valence-electron chi connectivity index (χ3n) is 3.40. The fraction of sp³-hybridized carbons (Fsp3) is 0.571. The Balaban J connectivity index is 2.21. The van der Waals surface area contributed by atoms with Gasteiger partial charge >= 0.3 is 0 Å². The van der Waals surface area contributed by atoms with Gasteiger partial charge < -0.3 is 10.1 Å². The Morgan fingerprint density at radius 2 is 2.35 bits per heavy atom. The smallest absolute Gasteiger partial charge is 0.126 e. The molecule has 2 atom stereocenters. The average Bonchev–Trinajstić information content (AvgIpc) is 2.83. The van der Waals surface area contributed by atoms with Crippen LogP contribution in [0, 0.1) is 18.7 Å². The molecule has 1 fully saturated rings. The highest BCUT2D eigenvalue weighted by atomic mass is 19.1. The lowest BCUT2D eigenvalue weighted by Crippen LogP contribution is -2.28. The number of halogens is 1. The second-order valence-electron chi connectivity index (χ2n) is 4.67. The molecule has 3 heteroatoms. The van der Waals surface area contributed by atoms with Crippen LogP contribution in [-0.4, -0.2) is 19.8 Å². The summed E-state index contributed by atoms with van der Waals surface area (Å²) in [5.74, 6) is 0.367. The number of benzene rings is 1. The fourth-order valence-electron chi connectivity index (χ4n) is 2.45. The molecule has 1 saturated heterocycles. The lowest BCUT2D eigenvalue weighted by atomic mass is 9.91. The summed E-state index contributed by atoms with van der Waals surface area (Å²) in [5.41, 5.74) is 1.88. The maximum Gasteiger partial charge on any atom is 0.126 e. The van der Waals surface area contributed by atoms with Gasteiger partial charge in [0.05, 0.1) is 6.61 Å². The summed E-state index contributed by atoms with van der Waals surface area (Å²) in [4.78, 5) is 0. The normalized spacial score (nSPS) is 21.7. The van der Waals surface area contributed by atoms with Crippen LogP contribution < -0.4 is 5.32 Å². The van der Waals surface area contributed by atoms with E-state index < -0.39 is 0 Å². The Morgan fingerprint density at radius 1 is 1.53 bits per heavy atom. The molecule has 94 valence electrons. The Morgan fingerprint density at radius 3 is 2.94 bits per heavy atom. The molecule has 17 heavy (non-hydrogen) atoms. The number of nitrogens with one attached hydrogen (secondary N) is 1. The van der Waals surface area contributed by atoms with Crippen LogP contribution in [0.2, 0.25) is 0 Å². The van der Waals surface area contributed by atoms with E-state index in [1.807, 2.05) is 19.1 Å². The van der Waals surface area contributed by atoms with Crippen molar-refractivity contribution in [1.82, 2.24) is 5.32 Å². The molecule has 1 N–H and O–H groups in total. The van der Waals surface area contributed by atoms with Gasteiger partial charge in [-0.1, -0.05) is 19.1 Å². The highest BCUT2D eigenvalue weighted by molar-refractivity contribution is 5.27. The summed E-state index contributed by atoms with van der Waals surface area (Å²) >= 11 is 0. The first-order chi connectivity index (χ1) is 8.22. The van der Waals surface area contributed by atoms with Crippen molar-refractivity contribution in [2.45, 2.75) is 26.3 Å². The van der Waals surface area contributed by atoms with Crippen molar-refractivity contribution in [2.24, 2.45) is 5.92 Å². The van der Waals surface area contributed by atoms with E-state index in [1.165, 1.54) is 5.56 Å². The fourth-order valence-corrected chi connectivity index (χ4v) is 2.45. The van der Waals surface area contributed by atoms with E-state index >= 15 is 0 Å². The van der Waals surface area contributed by atoms with E-state index in [0.29, 0.717) is 11.5 Å². The standard InChI is InChI=1S/C14H20FNO/c1-3-16-14(12-6-7-17-9-12)11-4-5-13(15)10(2)8-11/h4-5,8,12,14,16H,3,6-7,9H2,1-2H3. The molecule has 1 aromatic carbocycles. The summed E-state index contributed by atoms with van der Waals surface area (Å²) in [5, 5.41) is 3.49. The largest absolute Gasteiger partial charge is 0.381 e. The topological polar surface area (TPSA) is 21.3 Å². The van der Waals surface area contributed by atoms with Gasteiger partial charge in [-0.2, -0.15) is 0 Å². The zero-order valence-electron chi connectivity index (χ0n) is 10.5. The van der Waals surface area contributed by atoms with Gasteiger partial charge in [0.2, 0.25) is 0 Å². The Hall–Kier alpha value is -0.930. The van der Waals surface area contributed by atoms with Crippen LogP contribution >= 0.6 is 0 Å². The van der Waals surface area contributed by atoms with E-state index in [-0.39, 0.29) is 11.9 Å². The summed E-state index contributed by atoms with van der Waals surface area (Å²) in [7, 11) is 0. The van der Waals surface area contributed by atoms with Crippen LogP contribution in [0.15, 0.2) is 18.2 Å². The minimum absolute atomic E-state index is 0.133. The molecule has 0 saturated carbocycles. The molecule has 0 radical (unpaired) electrons. The Labute approximate surface area is 102 Å². The SMILES string of the molecule is CCNC(c1ccc(F)c(C)c1)C1CCOC1. The van der Waals surface area contributed by atoms with Gasteiger partial charge in [0, 0.05) is 18.6 Å². The van der Waals surface area contributed by atoms with E-state index in [1.54, 1.807) is 6.07 Å². The first kappa shape index (κ1) is 12.5. The Bertz CT molecular complexity index is 374. The minimum atomic E-state index is -0.133. The van der Waals surface area contributed by atoms with Crippen LogP contribution in [0.25, 0.3) is 0 Å². The minimum Gasteiger partial charge on any atom is -0.381 e. The van der Waals surface area contributed by atoms with E-state index in [2.05, 4.69) is 12.2 Å². The maximum absolute atomic E-state index is 13.3. The van der Waals surface area contributed by atoms with Crippen molar-refractivity contribution in [3.05, 3.63) is 35.1 Å². The third kappa shape index (κ3) is 2.85. The number of rotatable bonds is 4. The highest BCUT2D eigenvalue weighted by Crippen LogP contribution is 2.29. The lowest BCUT2D eigenvalue weighted by molar-refractivity contribution is 0.177. The highest BCUT2D eigenvalue weighted by Gasteiger charge is 2.26. The molecule has 2 nitrogen and oxygen atoms in total. The summed E-state index contributed by atoms with van der Waals surface area (Å²) in [6.45, 7) is 6.46. The average molecular weight is 237 g/mol. The van der Waals surface area contributed by atoms with Crippen molar-refractivity contribution in [1.29, 1.82) is 0 Å². The number of aryl methyl sites for hydroxylation is 1. The Kier molecular flexibility index (Phi) is 4.13. The first-order valence-corrected chi connectivity index (χ1v) is 6.29. The van der Waals surface area contributed by atoms with E-state index in [9.17, 15) is 4.39 Å². The first-order valence-electron chi connectivity index (χ1n) is 6.29. The lowest BCUT2D eigenvalue weighted by Gasteiger charge is -2.24. The molecule has 0 bridgehead atoms. The molecule has 1 aliphatic heterocycles. The molecular formula is C14H20FNO. The zero-order chi connectivity index (χ0) is 12.3. The van der Waals surface area contributed by atoms with Crippen molar-refractivity contribution in [2.75, 3.05) is 19.8 Å². The maximum atomic E-state index is 13.3. The molecule has 1 aliphatic rings. The van der Waals surface area contributed by atoms with Crippen LogP contribution in [0.1, 0.15) is 30.5 Å². The van der Waals surface area contributed by atoms with Gasteiger partial charge in [-0.25, -0.2) is 4.39 Å². The molecule has 0 aliphatic carbocycles. The molecule has 0 spiro atoms. The molecule has 2 rings (SSSR count). The molecular weight excluding hydrogens is 217 g/mol. The van der Waals surface area contributed by atoms with E-state index in [4.69, 9.17) is 4.74 Å². The van der Waals surface area contributed by atoms with Gasteiger partial charge in [-0.3, -0.25) is 0 Å². The van der Waals surface area contributed by atoms with Crippen molar-refractivity contribution in [3.8, 4) is 0 Å². The van der Waals surface area contributed by atoms with Crippen LogP contribution in [0.5, 0.6) is 0 Å². The monoisotopic (exact) mass is 237 g/mol. The molecule has 2 unspecified atom stereocenters. The number of ether oxygens (including phenoxy) is 1. The molecule has 0 aromatic heterocycles. The number of hydrogen-bond donors (Lipinski definition) is 1. The van der Waals surface area contributed by atoms with Crippen LogP contribution in [0.4, 0.5) is 4.39 Å².